The summed E-state index contributed by atoms with van der Waals surface area (Å²) in [6.45, 7) is 0. The third kappa shape index (κ3) is 2.09. The number of hydrogen-bond acceptors (Lipinski definition) is 3. The molecule has 1 rings (SSSR count). The number of carboxylic acid groups (broad SMARTS) is 1. The molecular formula is C7H6O3S. The van der Waals surface area contributed by atoms with Crippen LogP contribution in [-0.4, -0.2) is 16.2 Å². The fraction of sp³-hybridized carbons (Fsp3) is 0. The summed E-state index contributed by atoms with van der Waals surface area (Å²) >= 11 is 1.44. The molecule has 58 valence electrons. The summed E-state index contributed by atoms with van der Waals surface area (Å²) in [5.41, 5.74) is 0.704. The highest BCUT2D eigenvalue weighted by Gasteiger charge is 2.02. The second-order valence-corrected chi connectivity index (χ2v) is 2.67. The molecule has 2 N–H and O–H groups in total. The van der Waals surface area contributed by atoms with Gasteiger partial charge >= 0.3 is 5.97 Å². The fourth-order valence-electron chi connectivity index (χ4n) is 0.577. The van der Waals surface area contributed by atoms with Gasteiger partial charge in [0.15, 0.2) is 0 Å². The minimum absolute atomic E-state index is 0.636. The van der Waals surface area contributed by atoms with Crippen molar-refractivity contribution in [3.05, 3.63) is 28.1 Å². The summed E-state index contributed by atoms with van der Waals surface area (Å²) in [5, 5.41) is 20.6. The smallest absolute Gasteiger partial charge is 0.370 e. The van der Waals surface area contributed by atoms with Crippen LogP contribution in [0.2, 0.25) is 0 Å². The normalized spacial score (nSPS) is 11.5. The highest BCUT2D eigenvalue weighted by Crippen LogP contribution is 2.09. The van der Waals surface area contributed by atoms with Crippen molar-refractivity contribution in [3.63, 3.8) is 0 Å². The van der Waals surface area contributed by atoms with E-state index in [9.17, 15) is 4.79 Å². The first-order valence-electron chi connectivity index (χ1n) is 2.86. The third-order valence-electron chi connectivity index (χ3n) is 1.07. The van der Waals surface area contributed by atoms with Gasteiger partial charge in [0.25, 0.3) is 0 Å². The Morgan fingerprint density at radius 1 is 1.55 bits per heavy atom. The van der Waals surface area contributed by atoms with Crippen LogP contribution in [0.3, 0.4) is 0 Å². The SMILES string of the molecule is O=C(O)/C(O)=C/c1ccsc1. The van der Waals surface area contributed by atoms with Crippen LogP contribution in [0.5, 0.6) is 0 Å². The predicted molar refractivity (Wildman–Crippen MR) is 42.6 cm³/mol. The lowest BCUT2D eigenvalue weighted by Gasteiger charge is -1.88. The molecule has 4 heteroatoms. The van der Waals surface area contributed by atoms with Crippen LogP contribution < -0.4 is 0 Å². The largest absolute Gasteiger partial charge is 0.502 e. The Labute approximate surface area is 67.2 Å². The van der Waals surface area contributed by atoms with E-state index in [2.05, 4.69) is 0 Å². The first-order chi connectivity index (χ1) is 5.20. The highest BCUT2D eigenvalue weighted by atomic mass is 32.1. The monoisotopic (exact) mass is 170 g/mol. The molecule has 0 aliphatic heterocycles. The molecule has 1 aromatic heterocycles. The molecular weight excluding hydrogens is 164 g/mol. The van der Waals surface area contributed by atoms with Crippen LogP contribution in [0.15, 0.2) is 22.6 Å². The van der Waals surface area contributed by atoms with E-state index >= 15 is 0 Å². The Morgan fingerprint density at radius 3 is 2.73 bits per heavy atom. The number of aliphatic hydroxyl groups is 1. The average molecular weight is 170 g/mol. The van der Waals surface area contributed by atoms with Gasteiger partial charge in [-0.1, -0.05) is 0 Å². The standard InChI is InChI=1S/C7H6O3S/c8-6(7(9)10)3-5-1-2-11-4-5/h1-4,8H,(H,9,10)/b6-3-. The van der Waals surface area contributed by atoms with E-state index in [0.29, 0.717) is 5.56 Å². The maximum absolute atomic E-state index is 10.1. The predicted octanol–water partition coefficient (Wildman–Crippen LogP) is 1.73. The van der Waals surface area contributed by atoms with Crippen LogP contribution in [0.4, 0.5) is 0 Å². The third-order valence-corrected chi connectivity index (χ3v) is 1.77. The Bertz CT molecular complexity index is 274. The molecule has 0 saturated heterocycles. The maximum atomic E-state index is 10.1. The van der Waals surface area contributed by atoms with Crippen molar-refractivity contribution < 1.29 is 15.0 Å². The number of aliphatic carboxylic acids is 1. The molecule has 0 atom stereocenters. The summed E-state index contributed by atoms with van der Waals surface area (Å²) < 4.78 is 0. The van der Waals surface area contributed by atoms with Crippen LogP contribution in [0.1, 0.15) is 5.56 Å². The fourth-order valence-corrected chi connectivity index (χ4v) is 1.19. The number of hydrogen-bond donors (Lipinski definition) is 2. The molecule has 11 heavy (non-hydrogen) atoms. The molecule has 0 fully saturated rings. The molecule has 0 spiro atoms. The Morgan fingerprint density at radius 2 is 2.27 bits per heavy atom. The van der Waals surface area contributed by atoms with Gasteiger partial charge in [0.2, 0.25) is 5.76 Å². The summed E-state index contributed by atoms with van der Waals surface area (Å²) in [7, 11) is 0. The zero-order valence-electron chi connectivity index (χ0n) is 5.52. The molecule has 0 aromatic carbocycles. The van der Waals surface area contributed by atoms with E-state index in [0.717, 1.165) is 0 Å². The van der Waals surface area contributed by atoms with Gasteiger partial charge in [-0.05, 0) is 28.5 Å². The number of carboxylic acids is 1. The van der Waals surface area contributed by atoms with Gasteiger partial charge in [0, 0.05) is 0 Å². The van der Waals surface area contributed by atoms with Crippen molar-refractivity contribution in [2.24, 2.45) is 0 Å². The van der Waals surface area contributed by atoms with E-state index in [1.54, 1.807) is 16.8 Å². The van der Waals surface area contributed by atoms with Gasteiger partial charge in [-0.15, -0.1) is 0 Å². The Balaban J connectivity index is 2.82. The van der Waals surface area contributed by atoms with E-state index in [-0.39, 0.29) is 0 Å². The lowest BCUT2D eigenvalue weighted by atomic mass is 10.3. The zero-order valence-corrected chi connectivity index (χ0v) is 6.34. The summed E-state index contributed by atoms with van der Waals surface area (Å²) in [4.78, 5) is 10.1. The summed E-state index contributed by atoms with van der Waals surface area (Å²) in [5.74, 6) is -1.94. The number of carbonyl (C=O) groups is 1. The average Bonchev–Trinajstić information content (AvgIpc) is 2.39. The number of aliphatic hydroxyl groups excluding tert-OH is 1. The molecule has 0 amide bonds. The molecule has 0 unspecified atom stereocenters. The number of thiophene rings is 1. The number of rotatable bonds is 2. The second-order valence-electron chi connectivity index (χ2n) is 1.89. The lowest BCUT2D eigenvalue weighted by Crippen LogP contribution is -1.97. The molecule has 0 radical (unpaired) electrons. The van der Waals surface area contributed by atoms with E-state index < -0.39 is 11.7 Å². The van der Waals surface area contributed by atoms with E-state index in [1.165, 1.54) is 17.4 Å². The van der Waals surface area contributed by atoms with Gasteiger partial charge in [0.05, 0.1) is 0 Å². The lowest BCUT2D eigenvalue weighted by molar-refractivity contribution is -0.135. The van der Waals surface area contributed by atoms with Gasteiger partial charge < -0.3 is 10.2 Å². The van der Waals surface area contributed by atoms with Crippen molar-refractivity contribution in [1.82, 2.24) is 0 Å². The topological polar surface area (TPSA) is 57.5 Å². The molecule has 3 nitrogen and oxygen atoms in total. The zero-order chi connectivity index (χ0) is 8.27. The van der Waals surface area contributed by atoms with Gasteiger partial charge in [-0.25, -0.2) is 4.79 Å². The molecule has 1 heterocycles. The van der Waals surface area contributed by atoms with Gasteiger partial charge in [-0.2, -0.15) is 11.3 Å². The molecule has 0 aliphatic rings. The van der Waals surface area contributed by atoms with Crippen LogP contribution in [-0.2, 0) is 4.79 Å². The molecule has 1 aromatic rings. The van der Waals surface area contributed by atoms with Crippen molar-refractivity contribution in [2.75, 3.05) is 0 Å². The first-order valence-corrected chi connectivity index (χ1v) is 3.80. The Kier molecular flexibility index (Phi) is 2.28. The minimum atomic E-state index is -1.31. The summed E-state index contributed by atoms with van der Waals surface area (Å²) in [6, 6.07) is 1.73. The first kappa shape index (κ1) is 7.81. The molecule has 0 saturated carbocycles. The molecule has 0 bridgehead atoms. The van der Waals surface area contributed by atoms with Crippen molar-refractivity contribution >= 4 is 23.4 Å². The minimum Gasteiger partial charge on any atom is -0.502 e. The van der Waals surface area contributed by atoms with Crippen LogP contribution in [0, 0.1) is 0 Å². The maximum Gasteiger partial charge on any atom is 0.370 e. The second kappa shape index (κ2) is 3.21. The summed E-state index contributed by atoms with van der Waals surface area (Å²) in [6.07, 6.45) is 1.21. The van der Waals surface area contributed by atoms with Gasteiger partial charge in [-0.3, -0.25) is 0 Å². The van der Waals surface area contributed by atoms with E-state index in [4.69, 9.17) is 10.2 Å². The van der Waals surface area contributed by atoms with Crippen molar-refractivity contribution in [2.45, 2.75) is 0 Å². The highest BCUT2D eigenvalue weighted by molar-refractivity contribution is 7.08. The van der Waals surface area contributed by atoms with Crippen molar-refractivity contribution in [3.8, 4) is 0 Å². The quantitative estimate of drug-likeness (QED) is 0.525. The van der Waals surface area contributed by atoms with Crippen LogP contribution in [0.25, 0.3) is 6.08 Å². The Hall–Kier alpha value is -1.29. The van der Waals surface area contributed by atoms with Gasteiger partial charge in [0.1, 0.15) is 0 Å². The van der Waals surface area contributed by atoms with Crippen LogP contribution >= 0.6 is 11.3 Å². The molecule has 0 aliphatic carbocycles. The van der Waals surface area contributed by atoms with E-state index in [1.807, 2.05) is 0 Å². The van der Waals surface area contributed by atoms with Crippen molar-refractivity contribution in [1.29, 1.82) is 0 Å².